The fourth-order valence-electron chi connectivity index (χ4n) is 2.43. The van der Waals surface area contributed by atoms with Crippen molar-refractivity contribution in [2.24, 2.45) is 0 Å². The third-order valence-electron chi connectivity index (χ3n) is 3.84. The first-order valence-corrected chi connectivity index (χ1v) is 8.80. The summed E-state index contributed by atoms with van der Waals surface area (Å²) in [5.74, 6) is -0.774. The molecule has 5 heteroatoms. The number of amides is 1. The number of nitrogens with zero attached hydrogens (tertiary/aromatic N) is 1. The first-order chi connectivity index (χ1) is 10.4. The zero-order chi connectivity index (χ0) is 16.8. The molecule has 0 aromatic carbocycles. The highest BCUT2D eigenvalue weighted by Crippen LogP contribution is 2.23. The van der Waals surface area contributed by atoms with E-state index in [1.165, 1.54) is 32.1 Å². The van der Waals surface area contributed by atoms with Crippen LogP contribution in [0, 0.1) is 0 Å². The molecular weight excluding hydrogens is 291 g/mol. The second kappa shape index (κ2) is 12.8. The normalized spacial score (nSPS) is 11.7. The molecule has 0 unspecified atom stereocenters. The molecule has 0 atom stereocenters. The van der Waals surface area contributed by atoms with Gasteiger partial charge in [-0.05, 0) is 12.8 Å². The first-order valence-electron chi connectivity index (χ1n) is 8.80. The maximum Gasteiger partial charge on any atom is 0.487 e. The molecule has 0 aliphatic rings. The van der Waals surface area contributed by atoms with Gasteiger partial charge in [-0.15, -0.1) is 13.2 Å². The third kappa shape index (κ3) is 10.9. The van der Waals surface area contributed by atoms with Crippen molar-refractivity contribution in [3.63, 3.8) is 0 Å². The van der Waals surface area contributed by atoms with Crippen LogP contribution in [-0.2, 0) is 4.79 Å². The lowest BCUT2D eigenvalue weighted by atomic mass is 10.1. The second-order valence-corrected chi connectivity index (χ2v) is 5.95. The summed E-state index contributed by atoms with van der Waals surface area (Å²) in [4.78, 5) is 11.8. The van der Waals surface area contributed by atoms with Crippen LogP contribution in [0.1, 0.15) is 90.9 Å². The molecule has 22 heavy (non-hydrogen) atoms. The molecule has 0 aromatic rings. The summed E-state index contributed by atoms with van der Waals surface area (Å²) in [5, 5.41) is 0. The summed E-state index contributed by atoms with van der Waals surface area (Å²) in [5.41, 5.74) is 0. The molecule has 0 radical (unpaired) electrons. The van der Waals surface area contributed by atoms with Crippen LogP contribution in [0.4, 0.5) is 13.2 Å². The van der Waals surface area contributed by atoms with E-state index in [0.29, 0.717) is 19.3 Å². The van der Waals surface area contributed by atoms with Gasteiger partial charge in [0.1, 0.15) is 0 Å². The number of hydrogen-bond acceptors (Lipinski definition) is 1. The van der Waals surface area contributed by atoms with Crippen LogP contribution in [0.2, 0.25) is 0 Å². The highest BCUT2D eigenvalue weighted by Gasteiger charge is 2.39. The van der Waals surface area contributed by atoms with Crippen molar-refractivity contribution >= 4 is 5.91 Å². The van der Waals surface area contributed by atoms with Gasteiger partial charge < -0.3 is 0 Å². The van der Waals surface area contributed by atoms with Gasteiger partial charge in [-0.25, -0.2) is 0 Å². The predicted octanol–water partition coefficient (Wildman–Crippen LogP) is 6.06. The van der Waals surface area contributed by atoms with Crippen molar-refractivity contribution in [2.75, 3.05) is 6.54 Å². The average molecular weight is 323 g/mol. The van der Waals surface area contributed by atoms with Crippen LogP contribution in [0.5, 0.6) is 0 Å². The Kier molecular flexibility index (Phi) is 12.3. The molecule has 0 aromatic heterocycles. The zero-order valence-corrected chi connectivity index (χ0v) is 14.2. The lowest BCUT2D eigenvalue weighted by Gasteiger charge is -2.24. The van der Waals surface area contributed by atoms with Crippen molar-refractivity contribution in [3.05, 3.63) is 0 Å². The molecule has 0 heterocycles. The summed E-state index contributed by atoms with van der Waals surface area (Å²) in [6.07, 6.45) is 6.28. The minimum atomic E-state index is -4.54. The Hall–Kier alpha value is -0.740. The van der Waals surface area contributed by atoms with E-state index in [1.807, 2.05) is 6.92 Å². The number of rotatable bonds is 13. The fraction of sp³-hybridized carbons (Fsp3) is 0.941. The van der Waals surface area contributed by atoms with E-state index in [1.54, 1.807) is 0 Å². The summed E-state index contributed by atoms with van der Waals surface area (Å²) in [7, 11) is 0. The fourth-order valence-corrected chi connectivity index (χ4v) is 2.43. The van der Waals surface area contributed by atoms with E-state index in [4.69, 9.17) is 0 Å². The Morgan fingerprint density at radius 3 is 1.68 bits per heavy atom. The molecule has 0 rings (SSSR count). The molecule has 0 aliphatic carbocycles. The number of carbonyl (C=O) groups is 1. The number of alkyl halides is 3. The summed E-state index contributed by atoms with van der Waals surface area (Å²) in [6, 6.07) is 0. The van der Waals surface area contributed by atoms with Crippen LogP contribution in [0.15, 0.2) is 0 Å². The van der Waals surface area contributed by atoms with Crippen LogP contribution in [0.25, 0.3) is 0 Å². The molecule has 0 saturated heterocycles. The van der Waals surface area contributed by atoms with E-state index in [-0.39, 0.29) is 17.9 Å². The van der Waals surface area contributed by atoms with E-state index >= 15 is 0 Å². The number of unbranched alkanes of at least 4 members (excludes halogenated alkanes) is 9. The van der Waals surface area contributed by atoms with Crippen molar-refractivity contribution in [2.45, 2.75) is 97.2 Å². The topological polar surface area (TPSA) is 20.3 Å². The van der Waals surface area contributed by atoms with E-state index in [0.717, 1.165) is 19.3 Å². The molecule has 0 bridgehead atoms. The molecule has 0 fully saturated rings. The Labute approximate surface area is 133 Å². The Balaban J connectivity index is 3.76. The van der Waals surface area contributed by atoms with E-state index in [9.17, 15) is 18.0 Å². The lowest BCUT2D eigenvalue weighted by molar-refractivity contribution is -0.240. The van der Waals surface area contributed by atoms with Gasteiger partial charge in [0, 0.05) is 13.0 Å². The van der Waals surface area contributed by atoms with Crippen molar-refractivity contribution in [3.8, 4) is 0 Å². The number of hydrogen-bond donors (Lipinski definition) is 0. The Bertz CT molecular complexity index is 280. The largest absolute Gasteiger partial charge is 0.487 e. The van der Waals surface area contributed by atoms with Gasteiger partial charge in [-0.1, -0.05) is 71.6 Å². The average Bonchev–Trinajstić information content (AvgIpc) is 2.44. The van der Waals surface area contributed by atoms with Gasteiger partial charge in [0.25, 0.3) is 0 Å². The minimum Gasteiger partial charge on any atom is -0.275 e. The van der Waals surface area contributed by atoms with Crippen LogP contribution < -0.4 is 0 Å². The smallest absolute Gasteiger partial charge is 0.275 e. The van der Waals surface area contributed by atoms with Crippen molar-refractivity contribution in [1.82, 2.24) is 4.90 Å². The summed E-state index contributed by atoms with van der Waals surface area (Å²) >= 11 is 0. The second-order valence-electron chi connectivity index (χ2n) is 5.95. The summed E-state index contributed by atoms with van der Waals surface area (Å²) in [6.45, 7) is 3.79. The Morgan fingerprint density at radius 1 is 0.773 bits per heavy atom. The lowest BCUT2D eigenvalue weighted by Crippen LogP contribution is -2.43. The van der Waals surface area contributed by atoms with Gasteiger partial charge >= 0.3 is 6.30 Å². The van der Waals surface area contributed by atoms with Gasteiger partial charge in [0.2, 0.25) is 5.91 Å². The van der Waals surface area contributed by atoms with Gasteiger partial charge in [0.15, 0.2) is 0 Å². The predicted molar refractivity (Wildman–Crippen MR) is 84.5 cm³/mol. The van der Waals surface area contributed by atoms with E-state index in [2.05, 4.69) is 6.92 Å². The van der Waals surface area contributed by atoms with Crippen molar-refractivity contribution in [1.29, 1.82) is 0 Å². The van der Waals surface area contributed by atoms with Gasteiger partial charge in [0.05, 0.1) is 0 Å². The molecule has 0 saturated carbocycles. The van der Waals surface area contributed by atoms with Gasteiger partial charge in [-0.2, -0.15) is 0 Å². The number of carbonyl (C=O) groups excluding carboxylic acids is 1. The summed E-state index contributed by atoms with van der Waals surface area (Å²) < 4.78 is 38.3. The SMILES string of the molecule is CCCCCCCCCCCC(=O)N(CCCC)C(F)(F)F. The quantitative estimate of drug-likeness (QED) is 0.298. The standard InChI is InChI=1S/C17H32F3NO/c1-3-5-7-8-9-10-11-12-13-14-16(22)21(15-6-4-2)17(18,19)20/h3-15H2,1-2H3. The maximum absolute atomic E-state index is 12.8. The van der Waals surface area contributed by atoms with Crippen LogP contribution in [0.3, 0.4) is 0 Å². The molecule has 0 aliphatic heterocycles. The van der Waals surface area contributed by atoms with Crippen LogP contribution in [-0.4, -0.2) is 23.7 Å². The zero-order valence-electron chi connectivity index (χ0n) is 14.2. The van der Waals surface area contributed by atoms with E-state index < -0.39 is 12.2 Å². The molecule has 0 spiro atoms. The minimum absolute atomic E-state index is 0.0130. The number of halogens is 3. The molecule has 0 N–H and O–H groups in total. The van der Waals surface area contributed by atoms with Crippen molar-refractivity contribution < 1.29 is 18.0 Å². The molecule has 1 amide bonds. The Morgan fingerprint density at radius 2 is 1.23 bits per heavy atom. The van der Waals surface area contributed by atoms with Gasteiger partial charge in [-0.3, -0.25) is 9.69 Å². The molecule has 132 valence electrons. The third-order valence-corrected chi connectivity index (χ3v) is 3.84. The molecular formula is C17H32F3NO. The maximum atomic E-state index is 12.8. The monoisotopic (exact) mass is 323 g/mol. The first kappa shape index (κ1) is 21.3. The van der Waals surface area contributed by atoms with Crippen LogP contribution >= 0.6 is 0 Å². The highest BCUT2D eigenvalue weighted by atomic mass is 19.4. The highest BCUT2D eigenvalue weighted by molar-refractivity contribution is 5.76. The molecule has 2 nitrogen and oxygen atoms in total.